The van der Waals surface area contributed by atoms with Gasteiger partial charge in [0.1, 0.15) is 17.3 Å². The number of nitrogens with two attached hydrogens (primary N) is 1. The number of methoxy groups -OCH3 is 2. The highest BCUT2D eigenvalue weighted by molar-refractivity contribution is 5.46. The minimum Gasteiger partial charge on any atom is -0.497 e. The van der Waals surface area contributed by atoms with Crippen molar-refractivity contribution in [2.24, 2.45) is 5.73 Å². The quantitative estimate of drug-likeness (QED) is 0.612. The molecule has 25 heavy (non-hydrogen) atoms. The number of anilines is 1. The molecule has 1 heterocycles. The number of H-pyrrole nitrogens is 1. The SMILES string of the molecule is COc1ccc(NCc2nc([C@H](N)c3ccc(OC)cc3)n[nH]2)cc1. The first-order valence-electron chi connectivity index (χ1n) is 7.88. The van der Waals surface area contributed by atoms with Crippen molar-refractivity contribution in [2.75, 3.05) is 19.5 Å². The lowest BCUT2D eigenvalue weighted by atomic mass is 10.1. The van der Waals surface area contributed by atoms with Gasteiger partial charge < -0.3 is 20.5 Å². The van der Waals surface area contributed by atoms with E-state index in [4.69, 9.17) is 15.2 Å². The van der Waals surface area contributed by atoms with Crippen molar-refractivity contribution >= 4 is 5.69 Å². The zero-order valence-electron chi connectivity index (χ0n) is 14.2. The summed E-state index contributed by atoms with van der Waals surface area (Å²) in [5.74, 6) is 2.87. The van der Waals surface area contributed by atoms with E-state index in [1.807, 2.05) is 48.5 Å². The van der Waals surface area contributed by atoms with Crippen molar-refractivity contribution < 1.29 is 9.47 Å². The largest absolute Gasteiger partial charge is 0.497 e. The van der Waals surface area contributed by atoms with Crippen LogP contribution < -0.4 is 20.5 Å². The Morgan fingerprint density at radius 2 is 1.60 bits per heavy atom. The van der Waals surface area contributed by atoms with Gasteiger partial charge in [-0.15, -0.1) is 0 Å². The van der Waals surface area contributed by atoms with E-state index in [1.165, 1.54) is 0 Å². The van der Waals surface area contributed by atoms with Gasteiger partial charge in [0.2, 0.25) is 0 Å². The molecule has 3 aromatic rings. The molecular formula is C18H21N5O2. The molecule has 0 fully saturated rings. The van der Waals surface area contributed by atoms with E-state index in [9.17, 15) is 0 Å². The van der Waals surface area contributed by atoms with E-state index in [0.717, 1.165) is 28.6 Å². The molecule has 0 aliphatic rings. The number of benzene rings is 2. The molecule has 0 aliphatic heterocycles. The molecule has 7 nitrogen and oxygen atoms in total. The molecule has 1 aromatic heterocycles. The van der Waals surface area contributed by atoms with E-state index >= 15 is 0 Å². The standard InChI is InChI=1S/C18H21N5O2/c1-24-14-7-3-12(4-8-14)17(19)18-21-16(22-23-18)11-20-13-5-9-15(25-2)10-6-13/h3-10,17,20H,11,19H2,1-2H3,(H,21,22,23)/t17-/m1/s1. The number of aromatic nitrogens is 3. The third kappa shape index (κ3) is 4.07. The van der Waals surface area contributed by atoms with E-state index in [2.05, 4.69) is 20.5 Å². The lowest BCUT2D eigenvalue weighted by Crippen LogP contribution is -2.13. The third-order valence-electron chi connectivity index (χ3n) is 3.85. The third-order valence-corrected chi connectivity index (χ3v) is 3.85. The first kappa shape index (κ1) is 16.8. The molecule has 0 spiro atoms. The summed E-state index contributed by atoms with van der Waals surface area (Å²) < 4.78 is 10.3. The molecule has 130 valence electrons. The van der Waals surface area contributed by atoms with Gasteiger partial charge in [0.05, 0.1) is 26.8 Å². The fraction of sp³-hybridized carbons (Fsp3) is 0.222. The first-order valence-corrected chi connectivity index (χ1v) is 7.88. The predicted molar refractivity (Wildman–Crippen MR) is 95.7 cm³/mol. The van der Waals surface area contributed by atoms with Crippen LogP contribution in [0.3, 0.4) is 0 Å². The van der Waals surface area contributed by atoms with Gasteiger partial charge >= 0.3 is 0 Å². The van der Waals surface area contributed by atoms with Gasteiger partial charge in [-0.2, -0.15) is 5.10 Å². The second-order valence-electron chi connectivity index (χ2n) is 5.47. The lowest BCUT2D eigenvalue weighted by molar-refractivity contribution is 0.414. The maximum atomic E-state index is 6.24. The first-order chi connectivity index (χ1) is 12.2. The van der Waals surface area contributed by atoms with Crippen LogP contribution in [0.2, 0.25) is 0 Å². The summed E-state index contributed by atoms with van der Waals surface area (Å²) in [6.45, 7) is 0.522. The molecule has 7 heteroatoms. The average molecular weight is 339 g/mol. The Hall–Kier alpha value is -3.06. The van der Waals surface area contributed by atoms with Crippen molar-refractivity contribution in [1.29, 1.82) is 0 Å². The van der Waals surface area contributed by atoms with Crippen molar-refractivity contribution in [3.63, 3.8) is 0 Å². The van der Waals surface area contributed by atoms with Gasteiger partial charge in [-0.1, -0.05) is 12.1 Å². The van der Waals surface area contributed by atoms with Crippen LogP contribution in [-0.2, 0) is 6.54 Å². The number of ether oxygens (including phenoxy) is 2. The molecule has 0 saturated heterocycles. The van der Waals surface area contributed by atoms with Gasteiger partial charge in [-0.25, -0.2) is 4.98 Å². The summed E-state index contributed by atoms with van der Waals surface area (Å²) in [6, 6.07) is 14.9. The van der Waals surface area contributed by atoms with Crippen LogP contribution in [0, 0.1) is 0 Å². The molecule has 2 aromatic carbocycles. The topological polar surface area (TPSA) is 98.1 Å². The molecule has 0 aliphatic carbocycles. The molecule has 0 radical (unpaired) electrons. The Morgan fingerprint density at radius 1 is 1.00 bits per heavy atom. The molecule has 0 unspecified atom stereocenters. The summed E-state index contributed by atoms with van der Waals surface area (Å²) >= 11 is 0. The zero-order chi connectivity index (χ0) is 17.6. The fourth-order valence-electron chi connectivity index (χ4n) is 2.38. The number of nitrogens with zero attached hydrogens (tertiary/aromatic N) is 2. The Labute approximate surface area is 146 Å². The van der Waals surface area contributed by atoms with Crippen LogP contribution >= 0.6 is 0 Å². The van der Waals surface area contributed by atoms with Gasteiger partial charge in [0, 0.05) is 5.69 Å². The highest BCUT2D eigenvalue weighted by Crippen LogP contribution is 2.20. The number of aromatic amines is 1. The summed E-state index contributed by atoms with van der Waals surface area (Å²) in [4.78, 5) is 4.47. The van der Waals surface area contributed by atoms with Crippen LogP contribution in [0.4, 0.5) is 5.69 Å². The monoisotopic (exact) mass is 339 g/mol. The zero-order valence-corrected chi connectivity index (χ0v) is 14.2. The maximum Gasteiger partial charge on any atom is 0.171 e. The lowest BCUT2D eigenvalue weighted by Gasteiger charge is -2.08. The minimum absolute atomic E-state index is 0.392. The summed E-state index contributed by atoms with van der Waals surface area (Å²) in [5.41, 5.74) is 8.14. The normalized spacial score (nSPS) is 11.8. The van der Waals surface area contributed by atoms with E-state index in [-0.39, 0.29) is 0 Å². The Morgan fingerprint density at radius 3 is 2.20 bits per heavy atom. The molecule has 0 amide bonds. The number of hydrogen-bond acceptors (Lipinski definition) is 6. The van der Waals surface area contributed by atoms with Crippen LogP contribution in [-0.4, -0.2) is 29.4 Å². The van der Waals surface area contributed by atoms with E-state index in [1.54, 1.807) is 14.2 Å². The molecule has 4 N–H and O–H groups in total. The average Bonchev–Trinajstić information content (AvgIpc) is 3.15. The molecule has 0 saturated carbocycles. The highest BCUT2D eigenvalue weighted by Gasteiger charge is 2.14. The van der Waals surface area contributed by atoms with Crippen molar-refractivity contribution in [3.8, 4) is 11.5 Å². The Bertz CT molecular complexity index is 799. The van der Waals surface area contributed by atoms with Gasteiger partial charge in [-0.05, 0) is 42.0 Å². The summed E-state index contributed by atoms with van der Waals surface area (Å²) in [7, 11) is 3.27. The Kier molecular flexibility index (Phi) is 5.15. The number of rotatable bonds is 7. The summed E-state index contributed by atoms with van der Waals surface area (Å²) in [6.07, 6.45) is 0. The van der Waals surface area contributed by atoms with E-state index in [0.29, 0.717) is 12.4 Å². The minimum atomic E-state index is -0.392. The van der Waals surface area contributed by atoms with Crippen molar-refractivity contribution in [3.05, 3.63) is 65.7 Å². The molecule has 0 bridgehead atoms. The van der Waals surface area contributed by atoms with Crippen LogP contribution in [0.5, 0.6) is 11.5 Å². The van der Waals surface area contributed by atoms with E-state index < -0.39 is 6.04 Å². The second kappa shape index (κ2) is 7.67. The van der Waals surface area contributed by atoms with Crippen molar-refractivity contribution in [1.82, 2.24) is 15.2 Å². The molecule has 3 rings (SSSR count). The van der Waals surface area contributed by atoms with Gasteiger partial charge in [0.25, 0.3) is 0 Å². The molecule has 1 atom stereocenters. The molecular weight excluding hydrogens is 318 g/mol. The highest BCUT2D eigenvalue weighted by atomic mass is 16.5. The van der Waals surface area contributed by atoms with Crippen LogP contribution in [0.1, 0.15) is 23.3 Å². The fourth-order valence-corrected chi connectivity index (χ4v) is 2.38. The number of hydrogen-bond donors (Lipinski definition) is 3. The van der Waals surface area contributed by atoms with Gasteiger partial charge in [-0.3, -0.25) is 5.10 Å². The summed E-state index contributed by atoms with van der Waals surface area (Å²) in [5, 5.41) is 10.4. The predicted octanol–water partition coefficient (Wildman–Crippen LogP) is 2.48. The van der Waals surface area contributed by atoms with Crippen LogP contribution in [0.15, 0.2) is 48.5 Å². The van der Waals surface area contributed by atoms with Gasteiger partial charge in [0.15, 0.2) is 5.82 Å². The second-order valence-corrected chi connectivity index (χ2v) is 5.47. The maximum absolute atomic E-state index is 6.24. The van der Waals surface area contributed by atoms with Crippen LogP contribution in [0.25, 0.3) is 0 Å². The Balaban J connectivity index is 1.62. The number of nitrogens with one attached hydrogen (secondary N) is 2. The van der Waals surface area contributed by atoms with Crippen molar-refractivity contribution in [2.45, 2.75) is 12.6 Å². The smallest absolute Gasteiger partial charge is 0.171 e.